The largest absolute Gasteiger partial charge is 0.485 e. The van der Waals surface area contributed by atoms with Gasteiger partial charge < -0.3 is 19.7 Å². The number of amides is 1. The lowest BCUT2D eigenvalue weighted by atomic mass is 10.2. The molecule has 168 valence electrons. The SMILES string of the molecule is Cc1c(Cl)ccc2sc(N3CCN(CCNC(=O)C4COc5ccccc5O4)CC3)nc12. The highest BCUT2D eigenvalue weighted by Gasteiger charge is 2.27. The van der Waals surface area contributed by atoms with Crippen molar-refractivity contribution in [1.82, 2.24) is 15.2 Å². The van der Waals surface area contributed by atoms with E-state index in [-0.39, 0.29) is 12.5 Å². The number of nitrogens with one attached hydrogen (secondary N) is 1. The number of carbonyl (C=O) groups is 1. The number of hydrogen-bond acceptors (Lipinski definition) is 7. The third kappa shape index (κ3) is 4.35. The maximum absolute atomic E-state index is 12.5. The number of nitrogens with zero attached hydrogens (tertiary/aromatic N) is 3. The highest BCUT2D eigenvalue weighted by Crippen LogP contribution is 2.34. The third-order valence-corrected chi connectivity index (χ3v) is 7.40. The minimum Gasteiger partial charge on any atom is -0.485 e. The fourth-order valence-electron chi connectivity index (χ4n) is 3.99. The number of fused-ring (bicyclic) bond motifs is 2. The number of carbonyl (C=O) groups excluding carboxylic acids is 1. The summed E-state index contributed by atoms with van der Waals surface area (Å²) in [6.07, 6.45) is -0.613. The van der Waals surface area contributed by atoms with Gasteiger partial charge in [-0.2, -0.15) is 0 Å². The molecule has 2 aliphatic rings. The van der Waals surface area contributed by atoms with E-state index in [9.17, 15) is 4.79 Å². The van der Waals surface area contributed by atoms with Gasteiger partial charge >= 0.3 is 0 Å². The van der Waals surface area contributed by atoms with Gasteiger partial charge in [-0.25, -0.2) is 4.98 Å². The Morgan fingerprint density at radius 1 is 1.19 bits per heavy atom. The van der Waals surface area contributed by atoms with Crippen LogP contribution < -0.4 is 19.7 Å². The number of piperazine rings is 1. The van der Waals surface area contributed by atoms with Crippen LogP contribution in [-0.4, -0.2) is 67.8 Å². The summed E-state index contributed by atoms with van der Waals surface area (Å²) in [5.74, 6) is 1.16. The number of aromatic nitrogens is 1. The molecule has 0 aliphatic carbocycles. The van der Waals surface area contributed by atoms with Gasteiger partial charge in [0.2, 0.25) is 6.10 Å². The summed E-state index contributed by atoms with van der Waals surface area (Å²) in [5, 5.41) is 4.79. The number of rotatable bonds is 5. The Labute approximate surface area is 195 Å². The summed E-state index contributed by atoms with van der Waals surface area (Å²) < 4.78 is 12.6. The molecular formula is C23H25ClN4O3S. The van der Waals surface area contributed by atoms with E-state index in [4.69, 9.17) is 26.1 Å². The molecule has 3 aromatic rings. The smallest absolute Gasteiger partial charge is 0.264 e. The van der Waals surface area contributed by atoms with Crippen molar-refractivity contribution in [3.8, 4) is 11.5 Å². The molecule has 9 heteroatoms. The maximum atomic E-state index is 12.5. The average Bonchev–Trinajstić information content (AvgIpc) is 3.27. The van der Waals surface area contributed by atoms with Crippen LogP contribution in [0.3, 0.4) is 0 Å². The number of benzene rings is 2. The Balaban J connectivity index is 1.08. The molecule has 1 saturated heterocycles. The van der Waals surface area contributed by atoms with E-state index in [1.807, 2.05) is 43.3 Å². The van der Waals surface area contributed by atoms with Crippen LogP contribution in [0, 0.1) is 6.92 Å². The summed E-state index contributed by atoms with van der Waals surface area (Å²) >= 11 is 7.96. The number of thiazole rings is 1. The molecule has 1 unspecified atom stereocenters. The van der Waals surface area contributed by atoms with Gasteiger partial charge in [-0.3, -0.25) is 9.69 Å². The summed E-state index contributed by atoms with van der Waals surface area (Å²) in [6.45, 7) is 7.33. The summed E-state index contributed by atoms with van der Waals surface area (Å²) in [4.78, 5) is 22.0. The van der Waals surface area contributed by atoms with Crippen molar-refractivity contribution in [1.29, 1.82) is 0 Å². The van der Waals surface area contributed by atoms with Crippen LogP contribution in [0.4, 0.5) is 5.13 Å². The number of ether oxygens (including phenoxy) is 2. The number of halogens is 1. The first-order valence-corrected chi connectivity index (χ1v) is 12.0. The molecule has 2 aliphatic heterocycles. The van der Waals surface area contributed by atoms with E-state index in [0.717, 1.165) is 54.0 Å². The molecule has 0 spiro atoms. The molecule has 0 saturated carbocycles. The Morgan fingerprint density at radius 3 is 2.78 bits per heavy atom. The van der Waals surface area contributed by atoms with Crippen molar-refractivity contribution >= 4 is 44.2 Å². The van der Waals surface area contributed by atoms with E-state index in [2.05, 4.69) is 15.1 Å². The second-order valence-electron chi connectivity index (χ2n) is 8.00. The van der Waals surface area contributed by atoms with Gasteiger partial charge in [0.15, 0.2) is 16.6 Å². The fraction of sp³-hybridized carbons (Fsp3) is 0.391. The molecule has 32 heavy (non-hydrogen) atoms. The first-order valence-electron chi connectivity index (χ1n) is 10.8. The van der Waals surface area contributed by atoms with Gasteiger partial charge in [-0.05, 0) is 36.8 Å². The van der Waals surface area contributed by atoms with Crippen molar-refractivity contribution < 1.29 is 14.3 Å². The van der Waals surface area contributed by atoms with Crippen LogP contribution in [0.1, 0.15) is 5.56 Å². The first-order chi connectivity index (χ1) is 15.6. The highest BCUT2D eigenvalue weighted by molar-refractivity contribution is 7.22. The highest BCUT2D eigenvalue weighted by atomic mass is 35.5. The number of para-hydroxylation sites is 2. The van der Waals surface area contributed by atoms with Crippen molar-refractivity contribution in [2.24, 2.45) is 0 Å². The standard InChI is InChI=1S/C23H25ClN4O3S/c1-15-16(24)6-7-20-21(15)26-23(32-20)28-12-10-27(11-13-28)9-8-25-22(29)19-14-30-17-4-2-3-5-18(17)31-19/h2-7,19H,8-14H2,1H3,(H,25,29). The van der Waals surface area contributed by atoms with E-state index >= 15 is 0 Å². The molecule has 0 bridgehead atoms. The molecule has 1 aromatic heterocycles. The molecule has 1 amide bonds. The second kappa shape index (κ2) is 9.13. The third-order valence-electron chi connectivity index (χ3n) is 5.91. The molecule has 7 nitrogen and oxygen atoms in total. The van der Waals surface area contributed by atoms with Gasteiger partial charge in [0.1, 0.15) is 6.61 Å². The van der Waals surface area contributed by atoms with Crippen LogP contribution in [0.2, 0.25) is 5.02 Å². The van der Waals surface area contributed by atoms with E-state index < -0.39 is 6.10 Å². The van der Waals surface area contributed by atoms with Gasteiger partial charge in [0.05, 0.1) is 10.2 Å². The molecule has 5 rings (SSSR count). The summed E-state index contributed by atoms with van der Waals surface area (Å²) in [7, 11) is 0. The van der Waals surface area contributed by atoms with Gasteiger partial charge in [0.25, 0.3) is 5.91 Å². The summed E-state index contributed by atoms with van der Waals surface area (Å²) in [6, 6.07) is 11.4. The molecule has 1 fully saturated rings. The van der Waals surface area contributed by atoms with Crippen LogP contribution in [0.15, 0.2) is 36.4 Å². The Bertz CT molecular complexity index is 1130. The monoisotopic (exact) mass is 472 g/mol. The zero-order valence-electron chi connectivity index (χ0n) is 17.8. The van der Waals surface area contributed by atoms with Crippen molar-refractivity contribution in [3.05, 3.63) is 47.0 Å². The first kappa shape index (κ1) is 21.3. The minimum atomic E-state index is -0.613. The maximum Gasteiger partial charge on any atom is 0.264 e. The number of anilines is 1. The van der Waals surface area contributed by atoms with Gasteiger partial charge in [0, 0.05) is 44.3 Å². The molecule has 3 heterocycles. The van der Waals surface area contributed by atoms with Gasteiger partial charge in [-0.15, -0.1) is 0 Å². The number of hydrogen-bond donors (Lipinski definition) is 1. The second-order valence-corrected chi connectivity index (χ2v) is 9.42. The predicted molar refractivity (Wildman–Crippen MR) is 127 cm³/mol. The predicted octanol–water partition coefficient (Wildman–Crippen LogP) is 3.34. The lowest BCUT2D eigenvalue weighted by molar-refractivity contribution is -0.130. The topological polar surface area (TPSA) is 66.9 Å². The average molecular weight is 473 g/mol. The summed E-state index contributed by atoms with van der Waals surface area (Å²) in [5.41, 5.74) is 2.04. The Hall–Kier alpha value is -2.55. The van der Waals surface area contributed by atoms with Crippen molar-refractivity contribution in [3.63, 3.8) is 0 Å². The van der Waals surface area contributed by atoms with Crippen LogP contribution in [0.5, 0.6) is 11.5 Å². The Kier molecular flexibility index (Phi) is 6.08. The molecule has 2 aromatic carbocycles. The molecule has 1 N–H and O–H groups in total. The number of aryl methyl sites for hydroxylation is 1. The fourth-order valence-corrected chi connectivity index (χ4v) is 5.22. The normalized spacial score (nSPS) is 18.7. The van der Waals surface area contributed by atoms with E-state index in [0.29, 0.717) is 18.0 Å². The van der Waals surface area contributed by atoms with Crippen molar-refractivity contribution in [2.75, 3.05) is 50.8 Å². The lowest BCUT2D eigenvalue weighted by Gasteiger charge is -2.34. The molecular weight excluding hydrogens is 448 g/mol. The Morgan fingerprint density at radius 2 is 1.97 bits per heavy atom. The van der Waals surface area contributed by atoms with Crippen LogP contribution in [0.25, 0.3) is 10.2 Å². The van der Waals surface area contributed by atoms with Crippen LogP contribution >= 0.6 is 22.9 Å². The minimum absolute atomic E-state index is 0.137. The van der Waals surface area contributed by atoms with Gasteiger partial charge in [-0.1, -0.05) is 35.1 Å². The molecule has 0 radical (unpaired) electrons. The lowest BCUT2D eigenvalue weighted by Crippen LogP contribution is -2.50. The zero-order chi connectivity index (χ0) is 22.1. The van der Waals surface area contributed by atoms with E-state index in [1.165, 1.54) is 4.70 Å². The van der Waals surface area contributed by atoms with Crippen LogP contribution in [-0.2, 0) is 4.79 Å². The van der Waals surface area contributed by atoms with Crippen molar-refractivity contribution in [2.45, 2.75) is 13.0 Å². The zero-order valence-corrected chi connectivity index (χ0v) is 19.4. The van der Waals surface area contributed by atoms with E-state index in [1.54, 1.807) is 11.3 Å². The quantitative estimate of drug-likeness (QED) is 0.614. The molecule has 1 atom stereocenters.